The van der Waals surface area contributed by atoms with Crippen LogP contribution in [0.15, 0.2) is 59.4 Å². The number of nitrogens with zero attached hydrogens (tertiary/aromatic N) is 2. The largest absolute Gasteiger partial charge is 0.476 e. The van der Waals surface area contributed by atoms with Crippen molar-refractivity contribution in [3.05, 3.63) is 60.7 Å². The van der Waals surface area contributed by atoms with Crippen LogP contribution in [-0.2, 0) is 6.54 Å². The predicted molar refractivity (Wildman–Crippen MR) is 84.7 cm³/mol. The third-order valence-electron chi connectivity index (χ3n) is 3.11. The van der Waals surface area contributed by atoms with E-state index < -0.39 is 0 Å². The molecule has 0 radical (unpaired) electrons. The molecule has 22 heavy (non-hydrogen) atoms. The molecule has 3 rings (SSSR count). The maximum absolute atomic E-state index is 5.83. The number of nitrogens with one attached hydrogen (secondary N) is 1. The molecule has 0 spiro atoms. The van der Waals surface area contributed by atoms with Gasteiger partial charge < -0.3 is 14.5 Å². The molecule has 112 valence electrons. The van der Waals surface area contributed by atoms with Crippen molar-refractivity contribution in [2.75, 3.05) is 11.9 Å². The van der Waals surface area contributed by atoms with E-state index in [4.69, 9.17) is 9.15 Å². The maximum atomic E-state index is 5.83. The van der Waals surface area contributed by atoms with Crippen molar-refractivity contribution >= 4 is 5.69 Å². The lowest BCUT2D eigenvalue weighted by atomic mass is 10.2. The van der Waals surface area contributed by atoms with Gasteiger partial charge in [0.1, 0.15) is 11.5 Å². The van der Waals surface area contributed by atoms with Gasteiger partial charge in [-0.3, -0.25) is 4.98 Å². The van der Waals surface area contributed by atoms with Crippen molar-refractivity contribution in [1.29, 1.82) is 0 Å². The molecule has 0 aromatic carbocycles. The van der Waals surface area contributed by atoms with Gasteiger partial charge in [-0.2, -0.15) is 0 Å². The van der Waals surface area contributed by atoms with Gasteiger partial charge >= 0.3 is 0 Å². The summed E-state index contributed by atoms with van der Waals surface area (Å²) in [5.74, 6) is 2.25. The lowest BCUT2D eigenvalue weighted by Crippen LogP contribution is -2.03. The number of hydrogen-bond acceptors (Lipinski definition) is 5. The summed E-state index contributed by atoms with van der Waals surface area (Å²) in [5, 5.41) is 3.28. The Hall–Kier alpha value is -2.82. The zero-order valence-corrected chi connectivity index (χ0v) is 12.3. The van der Waals surface area contributed by atoms with Gasteiger partial charge in [-0.05, 0) is 43.3 Å². The van der Waals surface area contributed by atoms with Gasteiger partial charge in [0.2, 0.25) is 5.88 Å². The highest BCUT2D eigenvalue weighted by Crippen LogP contribution is 2.24. The normalized spacial score (nSPS) is 10.4. The Morgan fingerprint density at radius 1 is 1.14 bits per heavy atom. The molecule has 0 aliphatic heterocycles. The molecule has 3 heterocycles. The SMILES string of the molecule is CCOc1ncccc1NCc1ccc(-c2cccnc2)o1. The zero-order chi connectivity index (χ0) is 15.2. The molecule has 0 unspecified atom stereocenters. The van der Waals surface area contributed by atoms with Gasteiger partial charge in [0.05, 0.1) is 18.8 Å². The van der Waals surface area contributed by atoms with Crippen LogP contribution < -0.4 is 10.1 Å². The third-order valence-corrected chi connectivity index (χ3v) is 3.11. The fraction of sp³-hybridized carbons (Fsp3) is 0.176. The summed E-state index contributed by atoms with van der Waals surface area (Å²) in [7, 11) is 0. The summed E-state index contributed by atoms with van der Waals surface area (Å²) in [6.07, 6.45) is 5.24. The monoisotopic (exact) mass is 295 g/mol. The molecule has 5 heteroatoms. The second-order valence-corrected chi connectivity index (χ2v) is 4.65. The average molecular weight is 295 g/mol. The van der Waals surface area contributed by atoms with Gasteiger partial charge in [-0.1, -0.05) is 0 Å². The van der Waals surface area contributed by atoms with Crippen LogP contribution in [0.5, 0.6) is 5.88 Å². The van der Waals surface area contributed by atoms with E-state index in [1.54, 1.807) is 18.6 Å². The molecule has 0 aliphatic rings. The molecular weight excluding hydrogens is 278 g/mol. The van der Waals surface area contributed by atoms with Gasteiger partial charge in [0.25, 0.3) is 0 Å². The Balaban J connectivity index is 1.69. The van der Waals surface area contributed by atoms with Crippen LogP contribution in [0.4, 0.5) is 5.69 Å². The molecule has 5 nitrogen and oxygen atoms in total. The van der Waals surface area contributed by atoms with E-state index in [2.05, 4.69) is 15.3 Å². The number of rotatable bonds is 6. The summed E-state index contributed by atoms with van der Waals surface area (Å²) in [5.41, 5.74) is 1.81. The van der Waals surface area contributed by atoms with Crippen molar-refractivity contribution in [2.24, 2.45) is 0 Å². The minimum atomic E-state index is 0.562. The van der Waals surface area contributed by atoms with E-state index in [0.717, 1.165) is 22.8 Å². The highest BCUT2D eigenvalue weighted by Gasteiger charge is 2.07. The first-order chi connectivity index (χ1) is 10.9. The summed E-state index contributed by atoms with van der Waals surface area (Å²) in [4.78, 5) is 8.31. The minimum Gasteiger partial charge on any atom is -0.476 e. The van der Waals surface area contributed by atoms with E-state index in [0.29, 0.717) is 19.0 Å². The number of anilines is 1. The van der Waals surface area contributed by atoms with Crippen LogP contribution in [0.3, 0.4) is 0 Å². The smallest absolute Gasteiger partial charge is 0.237 e. The maximum Gasteiger partial charge on any atom is 0.237 e. The van der Waals surface area contributed by atoms with Crippen molar-refractivity contribution in [3.8, 4) is 17.2 Å². The summed E-state index contributed by atoms with van der Waals surface area (Å²) in [6, 6.07) is 11.6. The van der Waals surface area contributed by atoms with E-state index in [1.165, 1.54) is 0 Å². The molecule has 0 saturated heterocycles. The first kappa shape index (κ1) is 14.1. The van der Waals surface area contributed by atoms with Crippen molar-refractivity contribution in [2.45, 2.75) is 13.5 Å². The topological polar surface area (TPSA) is 60.2 Å². The molecule has 3 aromatic heterocycles. The van der Waals surface area contributed by atoms with Crippen molar-refractivity contribution in [3.63, 3.8) is 0 Å². The van der Waals surface area contributed by atoms with E-state index in [1.807, 2.05) is 43.3 Å². The van der Waals surface area contributed by atoms with Crippen molar-refractivity contribution < 1.29 is 9.15 Å². The van der Waals surface area contributed by atoms with Crippen LogP contribution in [-0.4, -0.2) is 16.6 Å². The van der Waals surface area contributed by atoms with Crippen molar-refractivity contribution in [1.82, 2.24) is 9.97 Å². The number of aromatic nitrogens is 2. The lowest BCUT2D eigenvalue weighted by Gasteiger charge is -2.09. The van der Waals surface area contributed by atoms with Crippen LogP contribution in [0, 0.1) is 0 Å². The fourth-order valence-electron chi connectivity index (χ4n) is 2.10. The van der Waals surface area contributed by atoms with E-state index in [9.17, 15) is 0 Å². The van der Waals surface area contributed by atoms with E-state index in [-0.39, 0.29) is 0 Å². The quantitative estimate of drug-likeness (QED) is 0.750. The molecule has 0 fully saturated rings. The number of hydrogen-bond donors (Lipinski definition) is 1. The molecule has 1 N–H and O–H groups in total. The van der Waals surface area contributed by atoms with Crippen LogP contribution in [0.1, 0.15) is 12.7 Å². The standard InChI is InChI=1S/C17H17N3O2/c1-2-21-17-15(6-4-10-19-17)20-12-14-7-8-16(22-14)13-5-3-9-18-11-13/h3-11,20H,2,12H2,1H3. The molecular formula is C17H17N3O2. The summed E-state index contributed by atoms with van der Waals surface area (Å²) < 4.78 is 11.3. The summed E-state index contributed by atoms with van der Waals surface area (Å²) in [6.45, 7) is 3.08. The Kier molecular flexibility index (Phi) is 4.34. The van der Waals surface area contributed by atoms with Crippen LogP contribution in [0.25, 0.3) is 11.3 Å². The average Bonchev–Trinajstić information content (AvgIpc) is 3.04. The van der Waals surface area contributed by atoms with Crippen LogP contribution >= 0.6 is 0 Å². The predicted octanol–water partition coefficient (Wildman–Crippen LogP) is 3.75. The first-order valence-electron chi connectivity index (χ1n) is 7.17. The fourth-order valence-corrected chi connectivity index (χ4v) is 2.10. The molecule has 0 amide bonds. The van der Waals surface area contributed by atoms with Gasteiger partial charge in [-0.15, -0.1) is 0 Å². The lowest BCUT2D eigenvalue weighted by molar-refractivity contribution is 0.328. The Labute approximate surface area is 129 Å². The van der Waals surface area contributed by atoms with E-state index >= 15 is 0 Å². The molecule has 0 bridgehead atoms. The van der Waals surface area contributed by atoms with Gasteiger partial charge in [0.15, 0.2) is 0 Å². The molecule has 0 atom stereocenters. The Morgan fingerprint density at radius 2 is 2.05 bits per heavy atom. The molecule has 0 saturated carbocycles. The highest BCUT2D eigenvalue weighted by atomic mass is 16.5. The minimum absolute atomic E-state index is 0.562. The zero-order valence-electron chi connectivity index (χ0n) is 12.3. The Bertz CT molecular complexity index is 726. The van der Waals surface area contributed by atoms with Gasteiger partial charge in [-0.25, -0.2) is 4.98 Å². The second-order valence-electron chi connectivity index (χ2n) is 4.65. The molecule has 3 aromatic rings. The van der Waals surface area contributed by atoms with Crippen LogP contribution in [0.2, 0.25) is 0 Å². The number of ether oxygens (including phenoxy) is 1. The highest BCUT2D eigenvalue weighted by molar-refractivity contribution is 5.56. The Morgan fingerprint density at radius 3 is 2.86 bits per heavy atom. The second kappa shape index (κ2) is 6.76. The molecule has 0 aliphatic carbocycles. The third kappa shape index (κ3) is 3.25. The number of furan rings is 1. The van der Waals surface area contributed by atoms with Gasteiger partial charge in [0, 0.05) is 24.2 Å². The summed E-state index contributed by atoms with van der Waals surface area (Å²) >= 11 is 0. The first-order valence-corrected chi connectivity index (χ1v) is 7.17. The number of pyridine rings is 2.